The molecular formula is C21H21N7O5S. The first-order chi connectivity index (χ1) is 16.2. The van der Waals surface area contributed by atoms with Crippen molar-refractivity contribution >= 4 is 38.9 Å². The number of hydrogen-bond acceptors (Lipinski definition) is 9. The molecule has 12 nitrogen and oxygen atoms in total. The maximum absolute atomic E-state index is 12.3. The summed E-state index contributed by atoms with van der Waals surface area (Å²) in [6.45, 7) is 2.22. The Bertz CT molecular complexity index is 1510. The summed E-state index contributed by atoms with van der Waals surface area (Å²) in [5.74, 6) is 0.645. The van der Waals surface area contributed by atoms with Crippen molar-refractivity contribution in [2.75, 3.05) is 32.5 Å². The minimum absolute atomic E-state index is 0.0464. The summed E-state index contributed by atoms with van der Waals surface area (Å²) in [6.07, 6.45) is 2.78. The zero-order chi connectivity index (χ0) is 24.5. The third kappa shape index (κ3) is 4.24. The van der Waals surface area contributed by atoms with Gasteiger partial charge in [-0.05, 0) is 24.8 Å². The molecule has 3 heterocycles. The largest absolute Gasteiger partial charge is 0.506 e. The molecule has 2 aromatic heterocycles. The van der Waals surface area contributed by atoms with Gasteiger partial charge in [-0.2, -0.15) is 12.7 Å². The second kappa shape index (κ2) is 9.00. The first kappa shape index (κ1) is 23.0. The van der Waals surface area contributed by atoms with Gasteiger partial charge in [-0.3, -0.25) is 9.29 Å². The van der Waals surface area contributed by atoms with Crippen molar-refractivity contribution in [1.82, 2.24) is 23.8 Å². The number of hydrogen-bond donors (Lipinski definition) is 2. The molecule has 0 unspecified atom stereocenters. The molecule has 0 spiro atoms. The van der Waals surface area contributed by atoms with E-state index in [-0.39, 0.29) is 40.1 Å². The maximum atomic E-state index is 12.3. The van der Waals surface area contributed by atoms with Crippen LogP contribution in [0.15, 0.2) is 46.9 Å². The lowest BCUT2D eigenvalue weighted by Gasteiger charge is -2.15. The minimum atomic E-state index is -3.84. The van der Waals surface area contributed by atoms with Crippen LogP contribution in [0.3, 0.4) is 0 Å². The Morgan fingerprint density at radius 2 is 2.06 bits per heavy atom. The van der Waals surface area contributed by atoms with Gasteiger partial charge < -0.3 is 14.6 Å². The van der Waals surface area contributed by atoms with Crippen LogP contribution in [0.2, 0.25) is 0 Å². The Hall–Kier alpha value is -4.15. The molecule has 0 atom stereocenters. The summed E-state index contributed by atoms with van der Waals surface area (Å²) in [7, 11) is 0.377. The van der Waals surface area contributed by atoms with Crippen molar-refractivity contribution in [2.24, 2.45) is 4.99 Å². The summed E-state index contributed by atoms with van der Waals surface area (Å²) in [5.41, 5.74) is 6.49. The van der Waals surface area contributed by atoms with Crippen molar-refractivity contribution in [3.05, 3.63) is 47.8 Å². The van der Waals surface area contributed by atoms with Gasteiger partial charge in [-0.1, -0.05) is 11.8 Å². The topological polar surface area (TPSA) is 144 Å². The molecule has 0 amide bonds. The second-order valence-electron chi connectivity index (χ2n) is 7.04. The molecule has 0 aliphatic carbocycles. The minimum Gasteiger partial charge on any atom is -0.506 e. The smallest absolute Gasteiger partial charge is 0.302 e. The molecule has 0 fully saturated rings. The molecule has 1 aromatic carbocycles. The predicted molar refractivity (Wildman–Crippen MR) is 125 cm³/mol. The number of methoxy groups -OCH3 is 1. The normalized spacial score (nSPS) is 13.2. The van der Waals surface area contributed by atoms with Crippen molar-refractivity contribution in [3.63, 3.8) is 0 Å². The highest BCUT2D eigenvalue weighted by atomic mass is 32.2. The summed E-state index contributed by atoms with van der Waals surface area (Å²) >= 11 is 0. The number of nitrogens with zero attached hydrogens (tertiary/aromatic N) is 6. The number of aromatic hydroxyl groups is 1. The van der Waals surface area contributed by atoms with Gasteiger partial charge in [-0.25, -0.2) is 19.9 Å². The monoisotopic (exact) mass is 483 g/mol. The lowest BCUT2D eigenvalue weighted by atomic mass is 10.2. The van der Waals surface area contributed by atoms with Gasteiger partial charge in [0.15, 0.2) is 28.6 Å². The molecule has 0 saturated heterocycles. The molecule has 3 aromatic rings. The molecule has 13 heteroatoms. The lowest BCUT2D eigenvalue weighted by molar-refractivity contribution is 0.330. The summed E-state index contributed by atoms with van der Waals surface area (Å²) in [4.78, 5) is 17.6. The molecule has 1 aliphatic rings. The van der Waals surface area contributed by atoms with E-state index >= 15 is 0 Å². The van der Waals surface area contributed by atoms with Crippen LogP contribution in [0.1, 0.15) is 12.7 Å². The Labute approximate surface area is 195 Å². The quantitative estimate of drug-likeness (QED) is 0.485. The standard InChI is InChI=1S/C21H21N7O5S/c1-5-33-17-11-6-8-13(23-17)20-25-19-21(24-16(12-22-19)26-34(30,31)27(2)3)28(20)18-14(29)9-7-10-15(18)32-4/h7,9-12,29H,5H2,1-4H3,(H,24,26). The molecule has 4 rings (SSSR count). The molecule has 0 bridgehead atoms. The highest BCUT2D eigenvalue weighted by molar-refractivity contribution is 7.90. The first-order valence-electron chi connectivity index (χ1n) is 10.0. The molecule has 2 N–H and O–H groups in total. The zero-order valence-electron chi connectivity index (χ0n) is 18.8. The number of ether oxygens (including phenoxy) is 2. The van der Waals surface area contributed by atoms with E-state index in [4.69, 9.17) is 9.47 Å². The summed E-state index contributed by atoms with van der Waals surface area (Å²) < 4.78 is 40.3. The number of para-hydroxylation sites is 1. The number of imidazole rings is 1. The van der Waals surface area contributed by atoms with E-state index in [2.05, 4.69) is 36.1 Å². The molecular weight excluding hydrogens is 462 g/mol. The van der Waals surface area contributed by atoms with Gasteiger partial charge in [0.25, 0.3) is 0 Å². The highest BCUT2D eigenvalue weighted by Crippen LogP contribution is 2.36. The van der Waals surface area contributed by atoms with Crippen molar-refractivity contribution < 1.29 is 23.0 Å². The van der Waals surface area contributed by atoms with E-state index < -0.39 is 10.2 Å². The lowest BCUT2D eigenvalue weighted by Crippen LogP contribution is -2.29. The molecule has 0 radical (unpaired) electrons. The Kier molecular flexibility index (Phi) is 6.10. The number of aromatic nitrogens is 4. The van der Waals surface area contributed by atoms with Crippen molar-refractivity contribution in [2.45, 2.75) is 6.92 Å². The van der Waals surface area contributed by atoms with E-state index in [9.17, 15) is 13.5 Å². The maximum Gasteiger partial charge on any atom is 0.302 e. The van der Waals surface area contributed by atoms with Crippen LogP contribution < -0.4 is 9.46 Å². The zero-order valence-corrected chi connectivity index (χ0v) is 19.6. The van der Waals surface area contributed by atoms with Crippen LogP contribution in [0.25, 0.3) is 22.7 Å². The highest BCUT2D eigenvalue weighted by Gasteiger charge is 2.25. The average Bonchev–Trinajstić information content (AvgIpc) is 3.17. The van der Waals surface area contributed by atoms with Gasteiger partial charge in [0, 0.05) is 14.1 Å². The first-order valence-corrected chi connectivity index (χ1v) is 11.4. The van der Waals surface area contributed by atoms with Gasteiger partial charge >= 0.3 is 10.2 Å². The fourth-order valence-corrected chi connectivity index (χ4v) is 3.61. The summed E-state index contributed by atoms with van der Waals surface area (Å²) in [5, 5.41) is 10.7. The Balaban J connectivity index is 2.01. The van der Waals surface area contributed by atoms with Crippen LogP contribution in [0.5, 0.6) is 11.5 Å². The van der Waals surface area contributed by atoms with E-state index in [1.165, 1.54) is 44.1 Å². The fourth-order valence-electron chi connectivity index (χ4n) is 3.06. The SMILES string of the molecule is CCOC1=NC(c2nc3ncc(NS(=O)(=O)N(C)C)nc3n2-c2c(O)cccc2OC)=C=C=C1. The van der Waals surface area contributed by atoms with Crippen LogP contribution >= 0.6 is 0 Å². The van der Waals surface area contributed by atoms with Gasteiger partial charge in [0.2, 0.25) is 5.90 Å². The van der Waals surface area contributed by atoms with E-state index in [1.807, 2.05) is 6.92 Å². The Morgan fingerprint density at radius 3 is 2.76 bits per heavy atom. The van der Waals surface area contributed by atoms with Gasteiger partial charge in [0.05, 0.1) is 26.0 Å². The van der Waals surface area contributed by atoms with Gasteiger partial charge in [-0.15, -0.1) is 0 Å². The number of rotatable bonds is 7. The molecule has 176 valence electrons. The number of fused-ring (bicyclic) bond motifs is 1. The second-order valence-corrected chi connectivity index (χ2v) is 8.92. The van der Waals surface area contributed by atoms with E-state index in [0.717, 1.165) is 4.31 Å². The van der Waals surface area contributed by atoms with Crippen LogP contribution in [-0.2, 0) is 14.9 Å². The van der Waals surface area contributed by atoms with E-state index in [0.29, 0.717) is 18.3 Å². The number of benzene rings is 1. The third-order valence-electron chi connectivity index (χ3n) is 4.62. The van der Waals surface area contributed by atoms with E-state index in [1.54, 1.807) is 12.1 Å². The molecule has 1 aliphatic heterocycles. The van der Waals surface area contributed by atoms with Gasteiger partial charge in [0.1, 0.15) is 17.2 Å². The molecule has 0 saturated carbocycles. The molecule has 34 heavy (non-hydrogen) atoms. The number of phenolic OH excluding ortho intramolecular Hbond substituents is 1. The number of nitrogens with one attached hydrogen (secondary N) is 1. The number of phenols is 1. The van der Waals surface area contributed by atoms with Crippen LogP contribution in [0.4, 0.5) is 5.82 Å². The van der Waals surface area contributed by atoms with Crippen molar-refractivity contribution in [3.8, 4) is 17.2 Å². The van der Waals surface area contributed by atoms with Crippen molar-refractivity contribution in [1.29, 1.82) is 0 Å². The number of aliphatic imine (C=N–C) groups is 1. The third-order valence-corrected chi connectivity index (χ3v) is 6.05. The van der Waals surface area contributed by atoms with Crippen LogP contribution in [0, 0.1) is 0 Å². The predicted octanol–water partition coefficient (Wildman–Crippen LogP) is 1.85. The van der Waals surface area contributed by atoms with Crippen LogP contribution in [-0.4, -0.2) is 71.1 Å². The average molecular weight is 484 g/mol. The number of anilines is 1. The fraction of sp³-hybridized carbons (Fsp3) is 0.238. The Morgan fingerprint density at radius 1 is 1.26 bits per heavy atom. The summed E-state index contributed by atoms with van der Waals surface area (Å²) in [6, 6.07) is 4.74.